The maximum Gasteiger partial charge on any atom is 0.152 e. The summed E-state index contributed by atoms with van der Waals surface area (Å²) in [7, 11) is 0. The molecule has 4 heteroatoms. The monoisotopic (exact) mass is 230 g/mol. The molecule has 2 heterocycles. The van der Waals surface area contributed by atoms with Gasteiger partial charge in [-0.15, -0.1) is 6.58 Å². The number of anilines is 1. The van der Waals surface area contributed by atoms with E-state index in [2.05, 4.69) is 48.8 Å². The van der Waals surface area contributed by atoms with Gasteiger partial charge in [0.25, 0.3) is 0 Å². The molecule has 17 heavy (non-hydrogen) atoms. The standard InChI is InChI=1S/C13H18N4/c1-5-6-14-12-10-9-11(13(2,3)4)16-17(10)8-7-15-12/h5,7-9H,1,6H2,2-4H3,(H,14,15). The summed E-state index contributed by atoms with van der Waals surface area (Å²) in [6, 6.07) is 2.08. The van der Waals surface area contributed by atoms with Crippen LogP contribution >= 0.6 is 0 Å². The van der Waals surface area contributed by atoms with Gasteiger partial charge in [-0.25, -0.2) is 9.50 Å². The first-order chi connectivity index (χ1) is 8.02. The van der Waals surface area contributed by atoms with Gasteiger partial charge in [-0.3, -0.25) is 0 Å². The number of nitrogens with one attached hydrogen (secondary N) is 1. The van der Waals surface area contributed by atoms with Crippen molar-refractivity contribution in [3.63, 3.8) is 0 Å². The van der Waals surface area contributed by atoms with Gasteiger partial charge in [0, 0.05) is 24.4 Å². The van der Waals surface area contributed by atoms with E-state index in [4.69, 9.17) is 0 Å². The number of fused-ring (bicyclic) bond motifs is 1. The number of hydrogen-bond acceptors (Lipinski definition) is 3. The fourth-order valence-electron chi connectivity index (χ4n) is 1.59. The van der Waals surface area contributed by atoms with Gasteiger partial charge in [0.1, 0.15) is 5.52 Å². The van der Waals surface area contributed by atoms with Crippen LogP contribution in [0.5, 0.6) is 0 Å². The molecule has 90 valence electrons. The maximum absolute atomic E-state index is 4.56. The summed E-state index contributed by atoms with van der Waals surface area (Å²) < 4.78 is 1.86. The molecular formula is C13H18N4. The van der Waals surface area contributed by atoms with Crippen molar-refractivity contribution in [3.8, 4) is 0 Å². The summed E-state index contributed by atoms with van der Waals surface area (Å²) in [5.41, 5.74) is 2.10. The van der Waals surface area contributed by atoms with Gasteiger partial charge in [-0.2, -0.15) is 5.10 Å². The lowest BCUT2D eigenvalue weighted by Gasteiger charge is -2.13. The molecule has 0 atom stereocenters. The molecule has 0 aromatic carbocycles. The number of rotatable bonds is 3. The van der Waals surface area contributed by atoms with E-state index in [0.29, 0.717) is 6.54 Å². The highest BCUT2D eigenvalue weighted by Gasteiger charge is 2.18. The van der Waals surface area contributed by atoms with Crippen LogP contribution in [0.25, 0.3) is 5.52 Å². The van der Waals surface area contributed by atoms with Crippen molar-refractivity contribution in [2.45, 2.75) is 26.2 Å². The van der Waals surface area contributed by atoms with Crippen molar-refractivity contribution in [3.05, 3.63) is 36.8 Å². The van der Waals surface area contributed by atoms with Gasteiger partial charge < -0.3 is 5.32 Å². The number of nitrogens with zero attached hydrogens (tertiary/aromatic N) is 3. The molecule has 0 aliphatic carbocycles. The molecule has 4 nitrogen and oxygen atoms in total. The molecule has 0 amide bonds. The molecule has 0 saturated heterocycles. The van der Waals surface area contributed by atoms with E-state index in [9.17, 15) is 0 Å². The summed E-state index contributed by atoms with van der Waals surface area (Å²) in [6.45, 7) is 10.8. The van der Waals surface area contributed by atoms with Crippen LogP contribution in [0.4, 0.5) is 5.82 Å². The second-order valence-electron chi connectivity index (χ2n) is 5.05. The Balaban J connectivity index is 2.49. The molecule has 0 spiro atoms. The molecular weight excluding hydrogens is 212 g/mol. The van der Waals surface area contributed by atoms with Crippen molar-refractivity contribution in [2.75, 3.05) is 11.9 Å². The van der Waals surface area contributed by atoms with Gasteiger partial charge in [0.2, 0.25) is 0 Å². The Morgan fingerprint density at radius 3 is 2.88 bits per heavy atom. The minimum absolute atomic E-state index is 0.0434. The van der Waals surface area contributed by atoms with Gasteiger partial charge in [-0.05, 0) is 6.07 Å². The highest BCUT2D eigenvalue weighted by atomic mass is 15.2. The van der Waals surface area contributed by atoms with E-state index in [-0.39, 0.29) is 5.41 Å². The second kappa shape index (κ2) is 4.20. The van der Waals surface area contributed by atoms with E-state index in [1.165, 1.54) is 0 Å². The van der Waals surface area contributed by atoms with Gasteiger partial charge >= 0.3 is 0 Å². The predicted molar refractivity (Wildman–Crippen MR) is 70.4 cm³/mol. The van der Waals surface area contributed by atoms with Crippen molar-refractivity contribution in [2.24, 2.45) is 0 Å². The third-order valence-corrected chi connectivity index (χ3v) is 2.57. The van der Waals surface area contributed by atoms with Crippen molar-refractivity contribution < 1.29 is 0 Å². The van der Waals surface area contributed by atoms with E-state index in [0.717, 1.165) is 17.0 Å². The maximum atomic E-state index is 4.56. The molecule has 1 N–H and O–H groups in total. The van der Waals surface area contributed by atoms with Crippen LogP contribution in [-0.2, 0) is 5.41 Å². The SMILES string of the molecule is C=CCNc1nccn2nc(C(C)(C)C)cc12. The molecule has 0 fully saturated rings. The first kappa shape index (κ1) is 11.6. The fraction of sp³-hybridized carbons (Fsp3) is 0.385. The first-order valence-electron chi connectivity index (χ1n) is 5.72. The summed E-state index contributed by atoms with van der Waals surface area (Å²) in [4.78, 5) is 4.32. The van der Waals surface area contributed by atoms with Gasteiger partial charge in [0.15, 0.2) is 5.82 Å². The summed E-state index contributed by atoms with van der Waals surface area (Å²) >= 11 is 0. The average Bonchev–Trinajstić information content (AvgIpc) is 2.70. The largest absolute Gasteiger partial charge is 0.365 e. The molecule has 0 unspecified atom stereocenters. The Hall–Kier alpha value is -1.84. The zero-order valence-electron chi connectivity index (χ0n) is 10.6. The molecule has 2 aromatic heterocycles. The molecule has 0 aliphatic rings. The number of hydrogen-bond donors (Lipinski definition) is 1. The van der Waals surface area contributed by atoms with Gasteiger partial charge in [0.05, 0.1) is 5.69 Å². The predicted octanol–water partition coefficient (Wildman–Crippen LogP) is 2.62. The minimum atomic E-state index is 0.0434. The summed E-state index contributed by atoms with van der Waals surface area (Å²) in [5.74, 6) is 0.843. The molecule has 2 aromatic rings. The van der Waals surface area contributed by atoms with Crippen LogP contribution < -0.4 is 5.32 Å². The average molecular weight is 230 g/mol. The van der Waals surface area contributed by atoms with Crippen molar-refractivity contribution in [1.82, 2.24) is 14.6 Å². The van der Waals surface area contributed by atoms with Crippen LogP contribution in [0.1, 0.15) is 26.5 Å². The molecule has 0 aliphatic heterocycles. The van der Waals surface area contributed by atoms with E-state index in [1.54, 1.807) is 6.20 Å². The Morgan fingerprint density at radius 1 is 1.47 bits per heavy atom. The Bertz CT molecular complexity index is 534. The van der Waals surface area contributed by atoms with E-state index < -0.39 is 0 Å². The third kappa shape index (κ3) is 2.30. The lowest BCUT2D eigenvalue weighted by molar-refractivity contribution is 0.562. The zero-order valence-corrected chi connectivity index (χ0v) is 10.6. The van der Waals surface area contributed by atoms with E-state index in [1.807, 2.05) is 16.8 Å². The fourth-order valence-corrected chi connectivity index (χ4v) is 1.59. The van der Waals surface area contributed by atoms with Gasteiger partial charge in [-0.1, -0.05) is 26.8 Å². The second-order valence-corrected chi connectivity index (χ2v) is 5.05. The summed E-state index contributed by atoms with van der Waals surface area (Å²) in [6.07, 6.45) is 5.42. The summed E-state index contributed by atoms with van der Waals surface area (Å²) in [5, 5.41) is 7.78. The smallest absolute Gasteiger partial charge is 0.152 e. The Morgan fingerprint density at radius 2 is 2.24 bits per heavy atom. The molecule has 0 bridgehead atoms. The highest BCUT2D eigenvalue weighted by Crippen LogP contribution is 2.24. The number of aromatic nitrogens is 3. The van der Waals surface area contributed by atoms with Crippen LogP contribution in [0, 0.1) is 0 Å². The van der Waals surface area contributed by atoms with Crippen LogP contribution in [0.3, 0.4) is 0 Å². The van der Waals surface area contributed by atoms with Crippen molar-refractivity contribution >= 4 is 11.3 Å². The normalized spacial score (nSPS) is 11.7. The zero-order chi connectivity index (χ0) is 12.5. The lowest BCUT2D eigenvalue weighted by atomic mass is 9.92. The Labute approximate surface area is 101 Å². The quantitative estimate of drug-likeness (QED) is 0.824. The first-order valence-corrected chi connectivity index (χ1v) is 5.72. The highest BCUT2D eigenvalue weighted by molar-refractivity contribution is 5.68. The van der Waals surface area contributed by atoms with E-state index >= 15 is 0 Å². The lowest BCUT2D eigenvalue weighted by Crippen LogP contribution is -2.11. The Kier molecular flexibility index (Phi) is 2.88. The van der Waals surface area contributed by atoms with Crippen molar-refractivity contribution in [1.29, 1.82) is 0 Å². The minimum Gasteiger partial charge on any atom is -0.365 e. The third-order valence-electron chi connectivity index (χ3n) is 2.57. The molecule has 2 rings (SSSR count). The van der Waals surface area contributed by atoms with Crippen LogP contribution in [-0.4, -0.2) is 21.1 Å². The molecule has 0 saturated carbocycles. The van der Waals surface area contributed by atoms with Crippen LogP contribution in [0.15, 0.2) is 31.1 Å². The van der Waals surface area contributed by atoms with Crippen LogP contribution in [0.2, 0.25) is 0 Å². The topological polar surface area (TPSA) is 42.2 Å². The molecule has 0 radical (unpaired) electrons.